The first-order valence-corrected chi connectivity index (χ1v) is 7.48. The van der Waals surface area contributed by atoms with Crippen molar-refractivity contribution in [2.24, 2.45) is 0 Å². The van der Waals surface area contributed by atoms with Crippen molar-refractivity contribution in [3.05, 3.63) is 65.9 Å². The number of para-hydroxylation sites is 2. The van der Waals surface area contributed by atoms with Crippen molar-refractivity contribution in [2.45, 2.75) is 12.5 Å². The van der Waals surface area contributed by atoms with Gasteiger partial charge in [0.05, 0.1) is 11.3 Å². The maximum Gasteiger partial charge on any atom is 0.254 e. The fourth-order valence-corrected chi connectivity index (χ4v) is 2.98. The van der Waals surface area contributed by atoms with Gasteiger partial charge in [-0.05, 0) is 23.8 Å². The molecule has 0 unspecified atom stereocenters. The van der Waals surface area contributed by atoms with Crippen LogP contribution in [0.25, 0.3) is 10.9 Å². The molecule has 3 N–H and O–H groups in total. The summed E-state index contributed by atoms with van der Waals surface area (Å²) in [6.07, 6.45) is 2.33. The predicted molar refractivity (Wildman–Crippen MR) is 88.3 cm³/mol. The van der Waals surface area contributed by atoms with Gasteiger partial charge in [-0.1, -0.05) is 30.3 Å². The molecule has 1 aliphatic heterocycles. The lowest BCUT2D eigenvalue weighted by molar-refractivity contribution is -0.117. The fraction of sp³-hybridized carbons (Fsp3) is 0.111. The topological polar surface area (TPSA) is 74.0 Å². The Hall–Kier alpha value is -3.08. The van der Waals surface area contributed by atoms with Crippen LogP contribution in [0.1, 0.15) is 15.9 Å². The minimum Gasteiger partial charge on any atom is -0.361 e. The zero-order valence-corrected chi connectivity index (χ0v) is 12.3. The summed E-state index contributed by atoms with van der Waals surface area (Å²) in [5, 5.41) is 6.72. The maximum absolute atomic E-state index is 12.4. The monoisotopic (exact) mass is 305 g/mol. The van der Waals surface area contributed by atoms with Crippen molar-refractivity contribution in [1.29, 1.82) is 0 Å². The second kappa shape index (κ2) is 5.28. The lowest BCUT2D eigenvalue weighted by Crippen LogP contribution is -2.42. The Kier molecular flexibility index (Phi) is 3.12. The molecule has 0 radical (unpaired) electrons. The van der Waals surface area contributed by atoms with E-state index in [0.717, 1.165) is 16.5 Å². The molecule has 0 spiro atoms. The van der Waals surface area contributed by atoms with Crippen molar-refractivity contribution in [2.75, 3.05) is 5.32 Å². The van der Waals surface area contributed by atoms with Crippen molar-refractivity contribution < 1.29 is 9.59 Å². The van der Waals surface area contributed by atoms with Gasteiger partial charge in [0.25, 0.3) is 5.91 Å². The molecule has 1 aliphatic rings. The highest BCUT2D eigenvalue weighted by Gasteiger charge is 2.28. The first-order valence-electron chi connectivity index (χ1n) is 7.48. The number of carbonyl (C=O) groups is 2. The molecule has 5 heteroatoms. The minimum absolute atomic E-state index is 0.200. The van der Waals surface area contributed by atoms with Crippen molar-refractivity contribution >= 4 is 28.4 Å². The average molecular weight is 305 g/mol. The number of H-pyrrole nitrogens is 1. The van der Waals surface area contributed by atoms with Crippen LogP contribution < -0.4 is 10.6 Å². The summed E-state index contributed by atoms with van der Waals surface area (Å²) in [5.74, 6) is -0.433. The summed E-state index contributed by atoms with van der Waals surface area (Å²) >= 11 is 0. The summed E-state index contributed by atoms with van der Waals surface area (Å²) in [5.41, 5.74) is 3.07. The molecular formula is C18H15N3O2. The van der Waals surface area contributed by atoms with E-state index in [1.807, 2.05) is 30.5 Å². The van der Waals surface area contributed by atoms with Gasteiger partial charge in [-0.25, -0.2) is 0 Å². The Morgan fingerprint density at radius 2 is 1.74 bits per heavy atom. The number of aromatic nitrogens is 1. The van der Waals surface area contributed by atoms with Crippen molar-refractivity contribution in [1.82, 2.24) is 10.3 Å². The molecule has 114 valence electrons. The third kappa shape index (κ3) is 2.36. The van der Waals surface area contributed by atoms with Crippen LogP contribution in [0.5, 0.6) is 0 Å². The predicted octanol–water partition coefficient (Wildman–Crippen LogP) is 2.46. The van der Waals surface area contributed by atoms with E-state index in [0.29, 0.717) is 17.7 Å². The SMILES string of the molecule is O=C1N[C@H](Cc2c[nH]c3ccccc23)C(=O)Nc2ccccc21. The second-order valence-corrected chi connectivity index (χ2v) is 5.62. The summed E-state index contributed by atoms with van der Waals surface area (Å²) in [4.78, 5) is 28.0. The largest absolute Gasteiger partial charge is 0.361 e. The van der Waals surface area contributed by atoms with Crippen LogP contribution in [0.4, 0.5) is 5.69 Å². The van der Waals surface area contributed by atoms with Crippen LogP contribution in [0.3, 0.4) is 0 Å². The van der Waals surface area contributed by atoms with Gasteiger partial charge in [0.2, 0.25) is 5.91 Å². The molecule has 2 amide bonds. The molecule has 1 atom stereocenters. The van der Waals surface area contributed by atoms with E-state index in [2.05, 4.69) is 15.6 Å². The first kappa shape index (κ1) is 13.6. The summed E-state index contributed by atoms with van der Waals surface area (Å²) < 4.78 is 0. The molecule has 1 aromatic heterocycles. The lowest BCUT2D eigenvalue weighted by Gasteiger charge is -2.14. The number of hydrogen-bond acceptors (Lipinski definition) is 2. The zero-order chi connectivity index (χ0) is 15.8. The summed E-state index contributed by atoms with van der Waals surface area (Å²) in [7, 11) is 0. The maximum atomic E-state index is 12.4. The molecule has 0 bridgehead atoms. The molecule has 2 aromatic carbocycles. The minimum atomic E-state index is -0.603. The second-order valence-electron chi connectivity index (χ2n) is 5.62. The number of benzene rings is 2. The third-order valence-corrected chi connectivity index (χ3v) is 4.15. The van der Waals surface area contributed by atoms with Gasteiger partial charge in [-0.15, -0.1) is 0 Å². The number of aromatic amines is 1. The number of fused-ring (bicyclic) bond motifs is 2. The molecule has 3 aromatic rings. The molecule has 4 rings (SSSR count). The molecule has 5 nitrogen and oxygen atoms in total. The number of rotatable bonds is 2. The molecular weight excluding hydrogens is 290 g/mol. The molecule has 0 saturated heterocycles. The van der Waals surface area contributed by atoms with Gasteiger partial charge >= 0.3 is 0 Å². The normalized spacial score (nSPS) is 17.3. The van der Waals surface area contributed by atoms with E-state index in [4.69, 9.17) is 0 Å². The lowest BCUT2D eigenvalue weighted by atomic mass is 10.0. The van der Waals surface area contributed by atoms with Crippen LogP contribution in [0, 0.1) is 0 Å². The molecule has 0 aliphatic carbocycles. The van der Waals surface area contributed by atoms with E-state index in [1.54, 1.807) is 24.3 Å². The third-order valence-electron chi connectivity index (χ3n) is 4.15. The van der Waals surface area contributed by atoms with Crippen LogP contribution >= 0.6 is 0 Å². The van der Waals surface area contributed by atoms with E-state index in [1.165, 1.54) is 0 Å². The van der Waals surface area contributed by atoms with Gasteiger partial charge < -0.3 is 15.6 Å². The number of amides is 2. The Morgan fingerprint density at radius 1 is 0.957 bits per heavy atom. The highest BCUT2D eigenvalue weighted by Crippen LogP contribution is 2.22. The average Bonchev–Trinajstić information content (AvgIpc) is 2.92. The Balaban J connectivity index is 1.65. The Bertz CT molecular complexity index is 913. The van der Waals surface area contributed by atoms with Crippen LogP contribution in [-0.4, -0.2) is 22.8 Å². The quantitative estimate of drug-likeness (QED) is 0.680. The van der Waals surface area contributed by atoms with E-state index in [-0.39, 0.29) is 11.8 Å². The van der Waals surface area contributed by atoms with Gasteiger partial charge in [0.1, 0.15) is 6.04 Å². The van der Waals surface area contributed by atoms with Crippen LogP contribution in [-0.2, 0) is 11.2 Å². The highest BCUT2D eigenvalue weighted by molar-refractivity contribution is 6.10. The van der Waals surface area contributed by atoms with Gasteiger partial charge in [0.15, 0.2) is 0 Å². The number of anilines is 1. The van der Waals surface area contributed by atoms with E-state index < -0.39 is 6.04 Å². The molecule has 0 saturated carbocycles. The summed E-state index contributed by atoms with van der Waals surface area (Å²) in [6, 6.07) is 14.3. The smallest absolute Gasteiger partial charge is 0.254 e. The van der Waals surface area contributed by atoms with Crippen molar-refractivity contribution in [3.8, 4) is 0 Å². The number of hydrogen-bond donors (Lipinski definition) is 3. The fourth-order valence-electron chi connectivity index (χ4n) is 2.98. The van der Waals surface area contributed by atoms with Crippen LogP contribution in [0.2, 0.25) is 0 Å². The zero-order valence-electron chi connectivity index (χ0n) is 12.3. The van der Waals surface area contributed by atoms with Gasteiger partial charge in [0, 0.05) is 23.5 Å². The Labute approximate surface area is 132 Å². The molecule has 2 heterocycles. The standard InChI is InChI=1S/C18H15N3O2/c22-17-13-6-2-4-8-15(13)20-18(23)16(21-17)9-11-10-19-14-7-3-1-5-12(11)14/h1-8,10,16,19H,9H2,(H,20,23)(H,21,22)/t16-/m1/s1. The number of carbonyl (C=O) groups excluding carboxylic acids is 2. The van der Waals surface area contributed by atoms with Crippen molar-refractivity contribution in [3.63, 3.8) is 0 Å². The van der Waals surface area contributed by atoms with E-state index >= 15 is 0 Å². The van der Waals surface area contributed by atoms with E-state index in [9.17, 15) is 9.59 Å². The Morgan fingerprint density at radius 3 is 2.65 bits per heavy atom. The van der Waals surface area contributed by atoms with Gasteiger partial charge in [-0.3, -0.25) is 9.59 Å². The van der Waals surface area contributed by atoms with Crippen LogP contribution in [0.15, 0.2) is 54.7 Å². The van der Waals surface area contributed by atoms with Gasteiger partial charge in [-0.2, -0.15) is 0 Å². The number of nitrogens with one attached hydrogen (secondary N) is 3. The molecule has 0 fully saturated rings. The highest BCUT2D eigenvalue weighted by atomic mass is 16.2. The summed E-state index contributed by atoms with van der Waals surface area (Å²) in [6.45, 7) is 0. The first-order chi connectivity index (χ1) is 11.2. The molecule has 23 heavy (non-hydrogen) atoms.